The average molecular weight is 361 g/mol. The van der Waals surface area contributed by atoms with Crippen molar-refractivity contribution in [3.8, 4) is 22.8 Å². The van der Waals surface area contributed by atoms with Gasteiger partial charge >= 0.3 is 0 Å². The Hall–Kier alpha value is -2.16. The predicted molar refractivity (Wildman–Crippen MR) is 93.8 cm³/mol. The molecule has 0 atom stereocenters. The lowest BCUT2D eigenvalue weighted by Gasteiger charge is -2.34. The maximum Gasteiger partial charge on any atom is 0.233 e. The molecule has 1 aromatic carbocycles. The van der Waals surface area contributed by atoms with Crippen LogP contribution in [0.5, 0.6) is 11.5 Å². The first-order valence-electron chi connectivity index (χ1n) is 8.15. The molecule has 0 aliphatic carbocycles. The number of rotatable bonds is 4. The van der Waals surface area contributed by atoms with Crippen molar-refractivity contribution < 1.29 is 19.0 Å². The summed E-state index contributed by atoms with van der Waals surface area (Å²) in [4.78, 5) is 17.2. The smallest absolute Gasteiger partial charge is 0.233 e. The van der Waals surface area contributed by atoms with E-state index in [2.05, 4.69) is 10.3 Å². The summed E-state index contributed by atoms with van der Waals surface area (Å²) in [5, 5.41) is 5.40. The van der Waals surface area contributed by atoms with Crippen LogP contribution >= 0.6 is 11.3 Å². The van der Waals surface area contributed by atoms with Crippen molar-refractivity contribution in [1.29, 1.82) is 0 Å². The summed E-state index contributed by atoms with van der Waals surface area (Å²) in [6.45, 7) is 1.67. The Balaban J connectivity index is 1.50. The van der Waals surface area contributed by atoms with Gasteiger partial charge in [-0.3, -0.25) is 4.79 Å². The first-order valence-corrected chi connectivity index (χ1v) is 9.03. The number of nitrogens with one attached hydrogen (secondary N) is 1. The number of nitrogens with zero attached hydrogens (tertiary/aromatic N) is 1. The van der Waals surface area contributed by atoms with Crippen molar-refractivity contribution in [2.75, 3.05) is 31.9 Å². The fourth-order valence-corrected chi connectivity index (χ4v) is 3.75. The van der Waals surface area contributed by atoms with E-state index in [0.717, 1.165) is 17.0 Å². The van der Waals surface area contributed by atoms with Gasteiger partial charge in [-0.15, -0.1) is 11.3 Å². The van der Waals surface area contributed by atoms with E-state index in [1.807, 2.05) is 23.6 Å². The average Bonchev–Trinajstić information content (AvgIpc) is 3.30. The van der Waals surface area contributed by atoms with Crippen LogP contribution < -0.4 is 20.5 Å². The maximum absolute atomic E-state index is 12.7. The molecule has 7 nitrogen and oxygen atoms in total. The topological polar surface area (TPSA) is 95.7 Å². The van der Waals surface area contributed by atoms with Crippen molar-refractivity contribution in [3.05, 3.63) is 23.6 Å². The molecule has 0 spiro atoms. The van der Waals surface area contributed by atoms with Gasteiger partial charge in [-0.05, 0) is 31.0 Å². The van der Waals surface area contributed by atoms with E-state index in [-0.39, 0.29) is 12.7 Å². The molecule has 2 aliphatic heterocycles. The van der Waals surface area contributed by atoms with Crippen LogP contribution in [0.15, 0.2) is 23.6 Å². The van der Waals surface area contributed by atoms with Crippen LogP contribution in [0.2, 0.25) is 0 Å². The van der Waals surface area contributed by atoms with Crippen molar-refractivity contribution >= 4 is 22.4 Å². The first kappa shape index (κ1) is 16.3. The van der Waals surface area contributed by atoms with E-state index < -0.39 is 5.41 Å². The number of amides is 1. The molecule has 4 rings (SSSR count). The summed E-state index contributed by atoms with van der Waals surface area (Å²) < 4.78 is 16.1. The molecule has 8 heteroatoms. The van der Waals surface area contributed by atoms with E-state index in [1.54, 1.807) is 0 Å². The number of ether oxygens (including phenoxy) is 3. The van der Waals surface area contributed by atoms with Crippen LogP contribution in [0.4, 0.5) is 5.13 Å². The van der Waals surface area contributed by atoms with Gasteiger partial charge in [-0.25, -0.2) is 4.98 Å². The highest BCUT2D eigenvalue weighted by Gasteiger charge is 2.39. The molecule has 2 aromatic rings. The lowest BCUT2D eigenvalue weighted by Crippen LogP contribution is -2.46. The molecular formula is C17H19N3O4S. The van der Waals surface area contributed by atoms with E-state index in [0.29, 0.717) is 43.5 Å². The second kappa shape index (κ2) is 6.62. The third kappa shape index (κ3) is 3.08. The fourth-order valence-electron chi connectivity index (χ4n) is 3.04. The van der Waals surface area contributed by atoms with E-state index in [9.17, 15) is 4.79 Å². The number of fused-ring (bicyclic) bond motifs is 1. The molecular weight excluding hydrogens is 342 g/mol. The number of anilines is 1. The number of carbonyl (C=O) groups excluding carboxylic acids is 1. The van der Waals surface area contributed by atoms with Crippen LogP contribution in [-0.2, 0) is 9.53 Å². The second-order valence-corrected chi connectivity index (χ2v) is 7.01. The number of nitrogens with two attached hydrogens (primary N) is 1. The number of carbonyl (C=O) groups is 1. The minimum Gasteiger partial charge on any atom is -0.454 e. The van der Waals surface area contributed by atoms with Gasteiger partial charge in [0.05, 0.1) is 11.1 Å². The molecule has 1 aromatic heterocycles. The van der Waals surface area contributed by atoms with Gasteiger partial charge in [0.2, 0.25) is 12.7 Å². The van der Waals surface area contributed by atoms with Gasteiger partial charge in [0.15, 0.2) is 16.6 Å². The zero-order chi connectivity index (χ0) is 17.3. The highest BCUT2D eigenvalue weighted by molar-refractivity contribution is 7.14. The third-order valence-electron chi connectivity index (χ3n) is 4.72. The van der Waals surface area contributed by atoms with Gasteiger partial charge in [0, 0.05) is 30.7 Å². The normalized spacial score (nSPS) is 18.1. The predicted octanol–water partition coefficient (Wildman–Crippen LogP) is 2.23. The fraction of sp³-hybridized carbons (Fsp3) is 0.412. The number of hydrogen-bond donors (Lipinski definition) is 2. The SMILES string of the molecule is NCC1(C(=O)Nc2nc(-c3ccc4c(c3)OCO4)cs2)CCOCC1. The molecule has 132 valence electrons. The molecule has 1 fully saturated rings. The molecule has 25 heavy (non-hydrogen) atoms. The lowest BCUT2D eigenvalue weighted by molar-refractivity contribution is -0.130. The molecule has 0 radical (unpaired) electrons. The highest BCUT2D eigenvalue weighted by atomic mass is 32.1. The Kier molecular flexibility index (Phi) is 4.32. The summed E-state index contributed by atoms with van der Waals surface area (Å²) in [6.07, 6.45) is 1.27. The zero-order valence-corrected chi connectivity index (χ0v) is 14.4. The molecule has 3 heterocycles. The van der Waals surface area contributed by atoms with Gasteiger partial charge in [-0.2, -0.15) is 0 Å². The summed E-state index contributed by atoms with van der Waals surface area (Å²) in [5.41, 5.74) is 7.02. The Morgan fingerprint density at radius 1 is 1.28 bits per heavy atom. The summed E-state index contributed by atoms with van der Waals surface area (Å²) in [5.74, 6) is 1.36. The number of hydrogen-bond acceptors (Lipinski definition) is 7. The van der Waals surface area contributed by atoms with Crippen LogP contribution in [0, 0.1) is 5.41 Å². The highest BCUT2D eigenvalue weighted by Crippen LogP contribution is 2.37. The summed E-state index contributed by atoms with van der Waals surface area (Å²) >= 11 is 1.39. The van der Waals surface area contributed by atoms with Crippen molar-refractivity contribution in [3.63, 3.8) is 0 Å². The Labute approximate surface area is 149 Å². The van der Waals surface area contributed by atoms with Crippen molar-refractivity contribution in [2.45, 2.75) is 12.8 Å². The maximum atomic E-state index is 12.7. The molecule has 0 unspecified atom stereocenters. The van der Waals surface area contributed by atoms with Crippen LogP contribution in [0.1, 0.15) is 12.8 Å². The molecule has 1 saturated heterocycles. The van der Waals surface area contributed by atoms with Crippen LogP contribution in [0.3, 0.4) is 0 Å². The van der Waals surface area contributed by atoms with Gasteiger partial charge in [0.1, 0.15) is 0 Å². The quantitative estimate of drug-likeness (QED) is 0.867. The molecule has 2 aliphatic rings. The van der Waals surface area contributed by atoms with Gasteiger partial charge in [-0.1, -0.05) is 0 Å². The zero-order valence-electron chi connectivity index (χ0n) is 13.6. The lowest BCUT2D eigenvalue weighted by atomic mass is 9.79. The molecule has 1 amide bonds. The molecule has 0 saturated carbocycles. The van der Waals surface area contributed by atoms with Crippen LogP contribution in [-0.4, -0.2) is 37.4 Å². The van der Waals surface area contributed by atoms with Gasteiger partial charge < -0.3 is 25.3 Å². The standard InChI is InChI=1S/C17H19N3O4S/c18-9-17(3-5-22-6-4-17)15(21)20-16-19-12(8-25-16)11-1-2-13-14(7-11)24-10-23-13/h1-2,7-8H,3-6,9-10,18H2,(H,19,20,21). The molecule has 3 N–H and O–H groups in total. The largest absolute Gasteiger partial charge is 0.454 e. The Bertz CT molecular complexity index is 786. The minimum absolute atomic E-state index is 0.0788. The first-order chi connectivity index (χ1) is 12.2. The number of aromatic nitrogens is 1. The monoisotopic (exact) mass is 361 g/mol. The number of benzene rings is 1. The Morgan fingerprint density at radius 2 is 2.08 bits per heavy atom. The summed E-state index contributed by atoms with van der Waals surface area (Å²) in [6, 6.07) is 5.68. The van der Waals surface area contributed by atoms with Crippen LogP contribution in [0.25, 0.3) is 11.3 Å². The van der Waals surface area contributed by atoms with E-state index in [1.165, 1.54) is 11.3 Å². The van der Waals surface area contributed by atoms with E-state index in [4.69, 9.17) is 19.9 Å². The molecule has 0 bridgehead atoms. The van der Waals surface area contributed by atoms with Crippen molar-refractivity contribution in [1.82, 2.24) is 4.98 Å². The van der Waals surface area contributed by atoms with E-state index >= 15 is 0 Å². The number of thiazole rings is 1. The second-order valence-electron chi connectivity index (χ2n) is 6.16. The van der Waals surface area contributed by atoms with Gasteiger partial charge in [0.25, 0.3) is 0 Å². The minimum atomic E-state index is -0.567. The summed E-state index contributed by atoms with van der Waals surface area (Å²) in [7, 11) is 0. The third-order valence-corrected chi connectivity index (χ3v) is 5.47. The Morgan fingerprint density at radius 3 is 2.88 bits per heavy atom. The van der Waals surface area contributed by atoms with Crippen molar-refractivity contribution in [2.24, 2.45) is 11.1 Å².